The van der Waals surface area contributed by atoms with E-state index < -0.39 is 0 Å². The number of hydrogen-bond acceptors (Lipinski definition) is 5. The van der Waals surface area contributed by atoms with Crippen molar-refractivity contribution in [3.63, 3.8) is 0 Å². The Labute approximate surface area is 206 Å². The van der Waals surface area contributed by atoms with Gasteiger partial charge in [-0.2, -0.15) is 0 Å². The van der Waals surface area contributed by atoms with E-state index in [1.165, 1.54) is 12.8 Å². The molecule has 0 saturated heterocycles. The zero-order chi connectivity index (χ0) is 23.9. The molecule has 2 aliphatic rings. The molecule has 0 radical (unpaired) electrons. The molecule has 2 fully saturated rings. The lowest BCUT2D eigenvalue weighted by Gasteiger charge is -2.35. The molecule has 2 saturated carbocycles. The van der Waals surface area contributed by atoms with E-state index >= 15 is 0 Å². The summed E-state index contributed by atoms with van der Waals surface area (Å²) in [4.78, 5) is 10.1. The third kappa shape index (κ3) is 4.24. The molecule has 0 bridgehead atoms. The molecule has 2 aliphatic carbocycles. The van der Waals surface area contributed by atoms with Crippen LogP contribution in [0.4, 0.5) is 0 Å². The molecule has 0 amide bonds. The number of imidazole rings is 1. The molecule has 35 heavy (non-hydrogen) atoms. The Morgan fingerprint density at radius 2 is 1.74 bits per heavy atom. The molecule has 5 N–H and O–H groups in total. The van der Waals surface area contributed by atoms with Gasteiger partial charge in [-0.05, 0) is 44.7 Å². The summed E-state index contributed by atoms with van der Waals surface area (Å²) in [5.41, 5.74) is 18.3. The van der Waals surface area contributed by atoms with Gasteiger partial charge in [0.2, 0.25) is 0 Å². The Hall–Kier alpha value is -3.48. The van der Waals surface area contributed by atoms with Crippen molar-refractivity contribution in [1.29, 1.82) is 0 Å². The summed E-state index contributed by atoms with van der Waals surface area (Å²) in [6.45, 7) is 2.01. The van der Waals surface area contributed by atoms with E-state index in [1.807, 2.05) is 31.3 Å². The minimum Gasteiger partial charge on any atom is -0.403 e. The van der Waals surface area contributed by atoms with Gasteiger partial charge >= 0.3 is 0 Å². The second-order valence-corrected chi connectivity index (χ2v) is 9.98. The zero-order valence-electron chi connectivity index (χ0n) is 20.1. The van der Waals surface area contributed by atoms with E-state index in [0.717, 1.165) is 63.8 Å². The normalized spacial score (nSPS) is 20.9. The minimum absolute atomic E-state index is 0.192. The lowest BCUT2D eigenvalue weighted by atomic mass is 9.79. The van der Waals surface area contributed by atoms with Crippen LogP contribution < -0.4 is 16.8 Å². The highest BCUT2D eigenvalue weighted by atomic mass is 15.1. The maximum absolute atomic E-state index is 6.51. The van der Waals surface area contributed by atoms with Gasteiger partial charge in [-0.15, -0.1) is 0 Å². The van der Waals surface area contributed by atoms with Crippen LogP contribution in [0.1, 0.15) is 56.1 Å². The lowest BCUT2D eigenvalue weighted by Crippen LogP contribution is -2.41. The predicted octanol–water partition coefficient (Wildman–Crippen LogP) is 5.17. The van der Waals surface area contributed by atoms with Crippen molar-refractivity contribution < 1.29 is 0 Å². The van der Waals surface area contributed by atoms with Crippen LogP contribution in [0.2, 0.25) is 0 Å². The van der Waals surface area contributed by atoms with Gasteiger partial charge in [0.25, 0.3) is 0 Å². The smallest absolute Gasteiger partial charge is 0.117 e. The highest BCUT2D eigenvalue weighted by Gasteiger charge is 2.37. The average molecular weight is 465 g/mol. The van der Waals surface area contributed by atoms with Crippen LogP contribution in [0.15, 0.2) is 66.9 Å². The number of aromatic nitrogens is 3. The highest BCUT2D eigenvalue weighted by Crippen LogP contribution is 2.41. The molecule has 2 aromatic carbocycles. The zero-order valence-corrected chi connectivity index (χ0v) is 20.1. The molecule has 1 unspecified atom stereocenters. The van der Waals surface area contributed by atoms with Crippen LogP contribution >= 0.6 is 0 Å². The third-order valence-corrected chi connectivity index (χ3v) is 7.23. The van der Waals surface area contributed by atoms with Crippen LogP contribution in [0.5, 0.6) is 0 Å². The molecule has 6 heteroatoms. The van der Waals surface area contributed by atoms with Crippen molar-refractivity contribution in [2.75, 3.05) is 0 Å². The largest absolute Gasteiger partial charge is 0.403 e. The number of fused-ring (bicyclic) bond motifs is 1. The van der Waals surface area contributed by atoms with Gasteiger partial charge in [-0.3, -0.25) is 0 Å². The molecule has 6 rings (SSSR count). The number of nitrogens with two attached hydrogens (primary N) is 2. The maximum atomic E-state index is 6.51. The molecule has 0 spiro atoms. The summed E-state index contributed by atoms with van der Waals surface area (Å²) in [7, 11) is 0. The summed E-state index contributed by atoms with van der Waals surface area (Å²) in [6, 6.07) is 22.0. The van der Waals surface area contributed by atoms with E-state index in [0.29, 0.717) is 12.0 Å². The highest BCUT2D eigenvalue weighted by molar-refractivity contribution is 5.86. The summed E-state index contributed by atoms with van der Waals surface area (Å²) in [6.07, 6.45) is 8.30. The Morgan fingerprint density at radius 1 is 0.971 bits per heavy atom. The second-order valence-electron chi connectivity index (χ2n) is 9.98. The Kier molecular flexibility index (Phi) is 5.63. The van der Waals surface area contributed by atoms with Crippen molar-refractivity contribution in [2.24, 2.45) is 11.5 Å². The first-order chi connectivity index (χ1) is 17.1. The quantitative estimate of drug-likeness (QED) is 0.351. The molecule has 178 valence electrons. The molecule has 2 heterocycles. The number of rotatable bonds is 7. The van der Waals surface area contributed by atoms with Crippen molar-refractivity contribution in [3.8, 4) is 22.5 Å². The van der Waals surface area contributed by atoms with Crippen molar-refractivity contribution in [3.05, 3.63) is 78.4 Å². The number of nitrogens with zero attached hydrogens (tertiary/aromatic N) is 3. The van der Waals surface area contributed by atoms with Crippen LogP contribution in [-0.4, -0.2) is 26.6 Å². The van der Waals surface area contributed by atoms with E-state index in [2.05, 4.69) is 52.3 Å². The summed E-state index contributed by atoms with van der Waals surface area (Å²) in [5, 5.41) is 4.85. The first kappa shape index (κ1) is 22.0. The monoisotopic (exact) mass is 464 g/mol. The van der Waals surface area contributed by atoms with Crippen LogP contribution in [0.3, 0.4) is 0 Å². The molecular formula is C29H32N6. The SMILES string of the molecule is CC(N)c1c(-c2ccc3ccc(-c4ccccc4)nc3c2)nc(C2CC(NC3CC3)C2)n1/C=C\N. The first-order valence-electron chi connectivity index (χ1n) is 12.6. The van der Waals surface area contributed by atoms with Gasteiger partial charge in [-0.1, -0.05) is 48.5 Å². The van der Waals surface area contributed by atoms with Gasteiger partial charge in [0.1, 0.15) is 5.82 Å². The fourth-order valence-electron chi connectivity index (χ4n) is 5.22. The third-order valence-electron chi connectivity index (χ3n) is 7.23. The fourth-order valence-corrected chi connectivity index (χ4v) is 5.22. The van der Waals surface area contributed by atoms with Crippen LogP contribution in [0.25, 0.3) is 39.6 Å². The van der Waals surface area contributed by atoms with Gasteiger partial charge in [0.15, 0.2) is 0 Å². The topological polar surface area (TPSA) is 94.8 Å². The number of hydrogen-bond donors (Lipinski definition) is 3. The first-order valence-corrected chi connectivity index (χ1v) is 12.6. The van der Waals surface area contributed by atoms with Crippen molar-refractivity contribution in [2.45, 2.75) is 56.7 Å². The summed E-state index contributed by atoms with van der Waals surface area (Å²) < 4.78 is 2.12. The van der Waals surface area contributed by atoms with E-state index in [4.69, 9.17) is 21.4 Å². The second kappa shape index (κ2) is 8.95. The van der Waals surface area contributed by atoms with Crippen LogP contribution in [0, 0.1) is 0 Å². The fraction of sp³-hybridized carbons (Fsp3) is 0.310. The van der Waals surface area contributed by atoms with E-state index in [1.54, 1.807) is 6.20 Å². The molecule has 2 aromatic heterocycles. The molecule has 4 aromatic rings. The Balaban J connectivity index is 1.40. The molecule has 0 aliphatic heterocycles. The van der Waals surface area contributed by atoms with Gasteiger partial charge in [0, 0.05) is 53.0 Å². The summed E-state index contributed by atoms with van der Waals surface area (Å²) in [5.74, 6) is 1.45. The van der Waals surface area contributed by atoms with Gasteiger partial charge in [0.05, 0.1) is 22.6 Å². The number of pyridine rings is 1. The van der Waals surface area contributed by atoms with Gasteiger partial charge < -0.3 is 21.4 Å². The summed E-state index contributed by atoms with van der Waals surface area (Å²) >= 11 is 0. The maximum Gasteiger partial charge on any atom is 0.117 e. The standard InChI is InChI=1S/C29H32N6/c1-18(31)28-27(34-29(35(28)14-13-30)22-15-24(16-22)32-23-10-11-23)21-8-7-20-9-12-25(33-26(20)17-21)19-5-3-2-4-6-19/h2-9,12-14,17-18,22-24,32H,10-11,15-16,30-31H2,1H3/b14-13-. The Morgan fingerprint density at radius 3 is 2.46 bits per heavy atom. The van der Waals surface area contributed by atoms with E-state index in [9.17, 15) is 0 Å². The molecule has 1 atom stereocenters. The number of nitrogens with one attached hydrogen (secondary N) is 1. The molecular weight excluding hydrogens is 432 g/mol. The lowest BCUT2D eigenvalue weighted by molar-refractivity contribution is 0.278. The van der Waals surface area contributed by atoms with Gasteiger partial charge in [-0.25, -0.2) is 9.97 Å². The van der Waals surface area contributed by atoms with Crippen molar-refractivity contribution in [1.82, 2.24) is 19.9 Å². The Bertz CT molecular complexity index is 1380. The van der Waals surface area contributed by atoms with Crippen LogP contribution in [-0.2, 0) is 0 Å². The van der Waals surface area contributed by atoms with E-state index in [-0.39, 0.29) is 6.04 Å². The van der Waals surface area contributed by atoms with Crippen molar-refractivity contribution >= 4 is 17.1 Å². The predicted molar refractivity (Wildman–Crippen MR) is 142 cm³/mol. The minimum atomic E-state index is -0.192. The average Bonchev–Trinajstić information content (AvgIpc) is 3.60. The molecule has 6 nitrogen and oxygen atoms in total. The number of benzene rings is 2.